The molecule has 3 rings (SSSR count). The molecule has 0 bridgehead atoms. The molecule has 1 fully saturated rings. The average molecular weight is 341 g/mol. The zero-order valence-corrected chi connectivity index (χ0v) is 14.6. The molecule has 0 aromatic heterocycles. The van der Waals surface area contributed by atoms with Gasteiger partial charge in [-0.15, -0.1) is 0 Å². The first-order chi connectivity index (χ1) is 12.1. The van der Waals surface area contributed by atoms with Crippen LogP contribution < -0.4 is 10.1 Å². The van der Waals surface area contributed by atoms with Crippen molar-refractivity contribution >= 4 is 5.91 Å². The van der Waals surface area contributed by atoms with Gasteiger partial charge in [0.1, 0.15) is 5.75 Å². The number of rotatable bonds is 6. The fraction of sp³-hybridized carbons (Fsp3) is 0.350. The van der Waals surface area contributed by atoms with Gasteiger partial charge in [0.05, 0.1) is 20.3 Å². The summed E-state index contributed by atoms with van der Waals surface area (Å²) < 4.78 is 16.5. The van der Waals surface area contributed by atoms with E-state index in [0.29, 0.717) is 31.7 Å². The van der Waals surface area contributed by atoms with Gasteiger partial charge in [0.25, 0.3) is 5.91 Å². The molecule has 1 N–H and O–H groups in total. The van der Waals surface area contributed by atoms with E-state index in [-0.39, 0.29) is 5.91 Å². The Hall–Kier alpha value is -2.37. The topological polar surface area (TPSA) is 56.8 Å². The van der Waals surface area contributed by atoms with Crippen molar-refractivity contribution in [1.29, 1.82) is 0 Å². The summed E-state index contributed by atoms with van der Waals surface area (Å²) in [5.41, 5.74) is 2.50. The van der Waals surface area contributed by atoms with E-state index in [4.69, 9.17) is 14.2 Å². The van der Waals surface area contributed by atoms with Gasteiger partial charge in [-0.3, -0.25) is 4.79 Å². The Morgan fingerprint density at radius 2 is 1.88 bits per heavy atom. The number of amides is 1. The minimum absolute atomic E-state index is 0.124. The Morgan fingerprint density at radius 1 is 1.16 bits per heavy atom. The van der Waals surface area contributed by atoms with Crippen LogP contribution in [0.5, 0.6) is 5.75 Å². The molecule has 1 saturated heterocycles. The Balaban J connectivity index is 1.70. The molecule has 0 atom stereocenters. The van der Waals surface area contributed by atoms with E-state index in [1.165, 1.54) is 0 Å². The normalized spacial score (nSPS) is 15.8. The van der Waals surface area contributed by atoms with Gasteiger partial charge in [0.15, 0.2) is 5.79 Å². The summed E-state index contributed by atoms with van der Waals surface area (Å²) in [6.07, 6.45) is 0.612. The molecule has 1 aliphatic rings. The predicted molar refractivity (Wildman–Crippen MR) is 95.7 cm³/mol. The van der Waals surface area contributed by atoms with E-state index in [0.717, 1.165) is 16.9 Å². The van der Waals surface area contributed by atoms with E-state index >= 15 is 0 Å². The Kier molecular flexibility index (Phi) is 5.36. The lowest BCUT2D eigenvalue weighted by Gasteiger charge is -2.22. The SMILES string of the molecule is COc1ccc(C(=O)NCCC2(C)OCCO2)cc1-c1ccccc1. The van der Waals surface area contributed by atoms with Crippen molar-refractivity contribution in [2.75, 3.05) is 26.9 Å². The first kappa shape index (κ1) is 17.5. The van der Waals surface area contributed by atoms with E-state index in [1.807, 2.05) is 49.4 Å². The molecule has 2 aromatic rings. The van der Waals surface area contributed by atoms with Gasteiger partial charge >= 0.3 is 0 Å². The van der Waals surface area contributed by atoms with Crippen LogP contribution in [0, 0.1) is 0 Å². The Labute approximate surface area is 147 Å². The number of hydrogen-bond acceptors (Lipinski definition) is 4. The molecule has 0 aliphatic carbocycles. The monoisotopic (exact) mass is 341 g/mol. The van der Waals surface area contributed by atoms with Crippen molar-refractivity contribution in [1.82, 2.24) is 5.32 Å². The largest absolute Gasteiger partial charge is 0.496 e. The summed E-state index contributed by atoms with van der Waals surface area (Å²) in [7, 11) is 1.63. The number of benzene rings is 2. The standard InChI is InChI=1S/C20H23NO4/c1-20(24-12-13-25-20)10-11-21-19(22)16-8-9-18(23-2)17(14-16)15-6-4-3-5-7-15/h3-9,14H,10-13H2,1-2H3,(H,21,22). The van der Waals surface area contributed by atoms with Gasteiger partial charge in [0, 0.05) is 24.1 Å². The highest BCUT2D eigenvalue weighted by Gasteiger charge is 2.30. The number of carbonyl (C=O) groups excluding carboxylic acids is 1. The second-order valence-electron chi connectivity index (χ2n) is 6.12. The minimum Gasteiger partial charge on any atom is -0.496 e. The molecule has 25 heavy (non-hydrogen) atoms. The molecule has 0 radical (unpaired) electrons. The zero-order chi connectivity index (χ0) is 17.7. The highest BCUT2D eigenvalue weighted by molar-refractivity contribution is 5.96. The van der Waals surface area contributed by atoms with Crippen LogP contribution in [-0.4, -0.2) is 38.6 Å². The van der Waals surface area contributed by atoms with Gasteiger partial charge < -0.3 is 19.5 Å². The summed E-state index contributed by atoms with van der Waals surface area (Å²) in [4.78, 5) is 12.5. The maximum Gasteiger partial charge on any atom is 0.251 e. The molecule has 132 valence electrons. The summed E-state index contributed by atoms with van der Waals surface area (Å²) in [5.74, 6) is 0.0204. The average Bonchev–Trinajstić information content (AvgIpc) is 3.08. The van der Waals surface area contributed by atoms with Crippen LogP contribution in [0.3, 0.4) is 0 Å². The predicted octanol–water partition coefficient (Wildman–Crippen LogP) is 3.25. The molecule has 0 saturated carbocycles. The van der Waals surface area contributed by atoms with Crippen molar-refractivity contribution < 1.29 is 19.0 Å². The molecule has 1 heterocycles. The van der Waals surface area contributed by atoms with Crippen LogP contribution in [0.4, 0.5) is 0 Å². The van der Waals surface area contributed by atoms with Crippen LogP contribution in [-0.2, 0) is 9.47 Å². The number of nitrogens with one attached hydrogen (secondary N) is 1. The number of methoxy groups -OCH3 is 1. The number of ether oxygens (including phenoxy) is 3. The lowest BCUT2D eigenvalue weighted by atomic mass is 10.0. The zero-order valence-electron chi connectivity index (χ0n) is 14.6. The molecular weight excluding hydrogens is 318 g/mol. The Morgan fingerprint density at radius 3 is 2.56 bits per heavy atom. The Bertz CT molecular complexity index is 724. The maximum absolute atomic E-state index is 12.5. The number of hydrogen-bond donors (Lipinski definition) is 1. The van der Waals surface area contributed by atoms with Crippen molar-refractivity contribution in [3.63, 3.8) is 0 Å². The molecular formula is C20H23NO4. The van der Waals surface area contributed by atoms with Crippen molar-refractivity contribution in [2.45, 2.75) is 19.1 Å². The van der Waals surface area contributed by atoms with Crippen molar-refractivity contribution in [3.8, 4) is 16.9 Å². The van der Waals surface area contributed by atoms with Crippen LogP contribution >= 0.6 is 0 Å². The summed E-state index contributed by atoms with van der Waals surface area (Å²) in [5, 5.41) is 2.93. The van der Waals surface area contributed by atoms with Crippen LogP contribution in [0.15, 0.2) is 48.5 Å². The summed E-state index contributed by atoms with van der Waals surface area (Å²) in [6.45, 7) is 3.59. The van der Waals surface area contributed by atoms with Crippen molar-refractivity contribution in [2.24, 2.45) is 0 Å². The van der Waals surface area contributed by atoms with Crippen molar-refractivity contribution in [3.05, 3.63) is 54.1 Å². The van der Waals surface area contributed by atoms with E-state index in [1.54, 1.807) is 13.2 Å². The highest BCUT2D eigenvalue weighted by Crippen LogP contribution is 2.30. The third-order valence-electron chi connectivity index (χ3n) is 4.31. The second kappa shape index (κ2) is 7.68. The van der Waals surface area contributed by atoms with Gasteiger partial charge in [-0.2, -0.15) is 0 Å². The summed E-state index contributed by atoms with van der Waals surface area (Å²) >= 11 is 0. The molecule has 2 aromatic carbocycles. The van der Waals surface area contributed by atoms with E-state index < -0.39 is 5.79 Å². The molecule has 5 nitrogen and oxygen atoms in total. The molecule has 0 unspecified atom stereocenters. The van der Waals surface area contributed by atoms with Gasteiger partial charge in [0.2, 0.25) is 0 Å². The molecule has 0 spiro atoms. The lowest BCUT2D eigenvalue weighted by Crippen LogP contribution is -2.33. The van der Waals surface area contributed by atoms with Gasteiger partial charge in [-0.1, -0.05) is 30.3 Å². The maximum atomic E-state index is 12.5. The van der Waals surface area contributed by atoms with E-state index in [9.17, 15) is 4.79 Å². The van der Waals surface area contributed by atoms with E-state index in [2.05, 4.69) is 5.32 Å². The minimum atomic E-state index is -0.595. The highest BCUT2D eigenvalue weighted by atomic mass is 16.7. The number of carbonyl (C=O) groups is 1. The lowest BCUT2D eigenvalue weighted by molar-refractivity contribution is -0.145. The third-order valence-corrected chi connectivity index (χ3v) is 4.31. The fourth-order valence-corrected chi connectivity index (χ4v) is 2.90. The van der Waals surface area contributed by atoms with Crippen LogP contribution in [0.1, 0.15) is 23.7 Å². The summed E-state index contributed by atoms with van der Waals surface area (Å²) in [6, 6.07) is 15.3. The molecule has 5 heteroatoms. The van der Waals surface area contributed by atoms with Gasteiger partial charge in [-0.05, 0) is 30.7 Å². The first-order valence-electron chi connectivity index (χ1n) is 8.41. The fourth-order valence-electron chi connectivity index (χ4n) is 2.90. The first-order valence-corrected chi connectivity index (χ1v) is 8.41. The smallest absolute Gasteiger partial charge is 0.251 e. The van der Waals surface area contributed by atoms with Gasteiger partial charge in [-0.25, -0.2) is 0 Å². The molecule has 1 amide bonds. The van der Waals surface area contributed by atoms with Crippen LogP contribution in [0.25, 0.3) is 11.1 Å². The second-order valence-corrected chi connectivity index (χ2v) is 6.12. The van der Waals surface area contributed by atoms with Crippen LogP contribution in [0.2, 0.25) is 0 Å². The quantitative estimate of drug-likeness (QED) is 0.876. The third kappa shape index (κ3) is 4.18. The molecule has 1 aliphatic heterocycles.